The van der Waals surface area contributed by atoms with Gasteiger partial charge in [0.2, 0.25) is 0 Å². The number of carbonyl (C=O) groups excluding carboxylic acids is 1. The molecule has 0 unspecified atom stereocenters. The summed E-state index contributed by atoms with van der Waals surface area (Å²) in [5, 5.41) is 0. The molecule has 3 nitrogen and oxygen atoms in total. The lowest BCUT2D eigenvalue weighted by Gasteiger charge is -2.21. The van der Waals surface area contributed by atoms with E-state index in [-0.39, 0.29) is 6.09 Å². The zero-order valence-corrected chi connectivity index (χ0v) is 6.89. The van der Waals surface area contributed by atoms with Crippen LogP contribution in [0, 0.1) is 0 Å². The second kappa shape index (κ2) is 5.09. The van der Waals surface area contributed by atoms with Crippen molar-refractivity contribution >= 4 is 6.09 Å². The average molecular weight is 145 g/mol. The minimum atomic E-state index is -0.198. The van der Waals surface area contributed by atoms with Gasteiger partial charge in [-0.05, 0) is 6.42 Å². The maximum Gasteiger partial charge on any atom is 0.409 e. The molecule has 0 aromatic rings. The van der Waals surface area contributed by atoms with Crippen molar-refractivity contribution in [2.45, 2.75) is 20.3 Å². The van der Waals surface area contributed by atoms with Gasteiger partial charge in [0, 0.05) is 13.6 Å². The number of cyclic esters (lactones) is 1. The highest BCUT2D eigenvalue weighted by molar-refractivity contribution is 5.67. The van der Waals surface area contributed by atoms with Gasteiger partial charge in [0.1, 0.15) is 0 Å². The first-order chi connectivity index (χ1) is 4.80. The van der Waals surface area contributed by atoms with Crippen molar-refractivity contribution in [3.8, 4) is 0 Å². The second-order valence-electron chi connectivity index (χ2n) is 1.89. The molecule has 0 aliphatic carbocycles. The predicted octanol–water partition coefficient (Wildman–Crippen LogP) is 1.48. The molecule has 0 saturated carbocycles. The fourth-order valence-corrected chi connectivity index (χ4v) is 0.663. The summed E-state index contributed by atoms with van der Waals surface area (Å²) < 4.78 is 4.68. The first-order valence-electron chi connectivity index (χ1n) is 3.68. The fraction of sp³-hybridized carbons (Fsp3) is 0.857. The van der Waals surface area contributed by atoms with Crippen molar-refractivity contribution in [1.29, 1.82) is 0 Å². The van der Waals surface area contributed by atoms with Gasteiger partial charge >= 0.3 is 6.09 Å². The van der Waals surface area contributed by atoms with Crippen LogP contribution >= 0.6 is 0 Å². The maximum atomic E-state index is 10.5. The summed E-state index contributed by atoms with van der Waals surface area (Å²) >= 11 is 0. The molecule has 1 aliphatic heterocycles. The summed E-state index contributed by atoms with van der Waals surface area (Å²) in [5.74, 6) is 0. The van der Waals surface area contributed by atoms with Gasteiger partial charge in [0.05, 0.1) is 6.61 Å². The molecule has 1 saturated heterocycles. The Kier molecular flexibility index (Phi) is 4.72. The molecular formula is C7H15NO2. The molecule has 3 heteroatoms. The maximum absolute atomic E-state index is 10.5. The van der Waals surface area contributed by atoms with E-state index in [1.807, 2.05) is 13.8 Å². The van der Waals surface area contributed by atoms with Crippen molar-refractivity contribution in [1.82, 2.24) is 4.90 Å². The monoisotopic (exact) mass is 145 g/mol. The van der Waals surface area contributed by atoms with E-state index < -0.39 is 0 Å². The van der Waals surface area contributed by atoms with Gasteiger partial charge in [-0.1, -0.05) is 13.8 Å². The van der Waals surface area contributed by atoms with Crippen LogP contribution in [0.15, 0.2) is 0 Å². The smallest absolute Gasteiger partial charge is 0.409 e. The Bertz CT molecular complexity index is 104. The van der Waals surface area contributed by atoms with Gasteiger partial charge in [-0.25, -0.2) is 4.79 Å². The molecule has 1 amide bonds. The summed E-state index contributed by atoms with van der Waals surface area (Å²) in [6.07, 6.45) is 0.763. The molecule has 0 atom stereocenters. The highest BCUT2D eigenvalue weighted by atomic mass is 16.6. The summed E-state index contributed by atoms with van der Waals surface area (Å²) in [4.78, 5) is 12.1. The molecule has 0 bridgehead atoms. The van der Waals surface area contributed by atoms with Gasteiger partial charge in [-0.15, -0.1) is 0 Å². The van der Waals surface area contributed by atoms with Crippen LogP contribution in [-0.4, -0.2) is 31.2 Å². The van der Waals surface area contributed by atoms with Crippen LogP contribution in [0.5, 0.6) is 0 Å². The van der Waals surface area contributed by atoms with Crippen molar-refractivity contribution in [3.05, 3.63) is 0 Å². The summed E-state index contributed by atoms with van der Waals surface area (Å²) in [6.45, 7) is 5.42. The Labute approximate surface area is 62.0 Å². The molecule has 1 rings (SSSR count). The van der Waals surface area contributed by atoms with E-state index in [0.29, 0.717) is 6.61 Å². The van der Waals surface area contributed by atoms with Crippen molar-refractivity contribution in [2.24, 2.45) is 0 Å². The number of carbonyl (C=O) groups is 1. The molecule has 1 heterocycles. The molecule has 10 heavy (non-hydrogen) atoms. The van der Waals surface area contributed by atoms with Crippen LogP contribution in [0.4, 0.5) is 4.79 Å². The Morgan fingerprint density at radius 1 is 1.50 bits per heavy atom. The lowest BCUT2D eigenvalue weighted by molar-refractivity contribution is 0.0831. The zero-order chi connectivity index (χ0) is 7.98. The third-order valence-corrected chi connectivity index (χ3v) is 1.18. The van der Waals surface area contributed by atoms with Crippen LogP contribution in [-0.2, 0) is 4.74 Å². The average Bonchev–Trinajstić information content (AvgIpc) is 2.00. The highest BCUT2D eigenvalue weighted by Gasteiger charge is 2.13. The number of nitrogens with zero attached hydrogens (tertiary/aromatic N) is 1. The number of rotatable bonds is 0. The standard InChI is InChI=1S/C5H9NO2.C2H6/c1-6-3-2-4-8-5(6)7;1-2/h2-4H2,1H3;1-2H3. The molecule has 0 radical (unpaired) electrons. The van der Waals surface area contributed by atoms with Gasteiger partial charge < -0.3 is 9.64 Å². The van der Waals surface area contributed by atoms with Gasteiger partial charge in [-0.3, -0.25) is 0 Å². The molecule has 0 aromatic carbocycles. The minimum absolute atomic E-state index is 0.198. The minimum Gasteiger partial charge on any atom is -0.449 e. The third-order valence-electron chi connectivity index (χ3n) is 1.18. The molecule has 1 aliphatic rings. The largest absolute Gasteiger partial charge is 0.449 e. The molecule has 60 valence electrons. The van der Waals surface area contributed by atoms with E-state index >= 15 is 0 Å². The summed E-state index contributed by atoms with van der Waals surface area (Å²) in [5.41, 5.74) is 0. The van der Waals surface area contributed by atoms with Crippen molar-refractivity contribution < 1.29 is 9.53 Å². The topological polar surface area (TPSA) is 29.5 Å². The summed E-state index contributed by atoms with van der Waals surface area (Å²) in [7, 11) is 1.74. The molecule has 0 spiro atoms. The number of amides is 1. The molecule has 0 aromatic heterocycles. The molecular weight excluding hydrogens is 130 g/mol. The van der Waals surface area contributed by atoms with Crippen LogP contribution in [0.3, 0.4) is 0 Å². The lowest BCUT2D eigenvalue weighted by Crippen LogP contribution is -2.33. The fourth-order valence-electron chi connectivity index (χ4n) is 0.663. The predicted molar refractivity (Wildman–Crippen MR) is 39.9 cm³/mol. The van der Waals surface area contributed by atoms with Crippen LogP contribution in [0.25, 0.3) is 0 Å². The molecule has 0 N–H and O–H groups in total. The van der Waals surface area contributed by atoms with E-state index in [9.17, 15) is 4.79 Å². The first-order valence-corrected chi connectivity index (χ1v) is 3.68. The third kappa shape index (κ3) is 2.71. The van der Waals surface area contributed by atoms with Gasteiger partial charge in [0.15, 0.2) is 0 Å². The van der Waals surface area contributed by atoms with E-state index in [2.05, 4.69) is 4.74 Å². The first kappa shape index (κ1) is 9.27. The van der Waals surface area contributed by atoms with Gasteiger partial charge in [0.25, 0.3) is 0 Å². The van der Waals surface area contributed by atoms with E-state index in [0.717, 1.165) is 13.0 Å². The van der Waals surface area contributed by atoms with Crippen molar-refractivity contribution in [3.63, 3.8) is 0 Å². The Morgan fingerprint density at radius 2 is 2.10 bits per heavy atom. The van der Waals surface area contributed by atoms with Crippen LogP contribution in [0.2, 0.25) is 0 Å². The van der Waals surface area contributed by atoms with Gasteiger partial charge in [-0.2, -0.15) is 0 Å². The highest BCUT2D eigenvalue weighted by Crippen LogP contribution is 1.99. The van der Waals surface area contributed by atoms with Crippen molar-refractivity contribution in [2.75, 3.05) is 20.2 Å². The quantitative estimate of drug-likeness (QED) is 0.516. The SMILES string of the molecule is CC.CN1CCCOC1=O. The second-order valence-corrected chi connectivity index (χ2v) is 1.89. The van der Waals surface area contributed by atoms with Crippen LogP contribution in [0.1, 0.15) is 20.3 Å². The Morgan fingerprint density at radius 3 is 2.40 bits per heavy atom. The number of hydrogen-bond donors (Lipinski definition) is 0. The van der Waals surface area contributed by atoms with Crippen LogP contribution < -0.4 is 0 Å². The normalized spacial score (nSPS) is 17.1. The number of hydrogen-bond acceptors (Lipinski definition) is 2. The Hall–Kier alpha value is -0.730. The van der Waals surface area contributed by atoms with E-state index in [1.54, 1.807) is 11.9 Å². The summed E-state index contributed by atoms with van der Waals surface area (Å²) in [6, 6.07) is 0. The zero-order valence-electron chi connectivity index (χ0n) is 6.89. The van der Waals surface area contributed by atoms with E-state index in [1.165, 1.54) is 0 Å². The molecule has 1 fully saturated rings. The van der Waals surface area contributed by atoms with E-state index in [4.69, 9.17) is 0 Å². The lowest BCUT2D eigenvalue weighted by atomic mass is 10.4. The number of ether oxygens (including phenoxy) is 1. The Balaban J connectivity index is 0.000000371.